The maximum Gasteiger partial charge on any atom is 0.138 e. The monoisotopic (exact) mass is 285 g/mol. The Bertz CT molecular complexity index is 631. The van der Waals surface area contributed by atoms with Crippen LogP contribution >= 0.6 is 0 Å². The second-order valence-electron chi connectivity index (χ2n) is 5.01. The van der Waals surface area contributed by atoms with E-state index in [1.54, 1.807) is 7.11 Å². The zero-order valence-electron chi connectivity index (χ0n) is 12.3. The molecule has 0 saturated heterocycles. The van der Waals surface area contributed by atoms with E-state index in [0.29, 0.717) is 13.2 Å². The number of aromatic nitrogens is 2. The Morgan fingerprint density at radius 1 is 1.33 bits per heavy atom. The minimum absolute atomic E-state index is 0.166. The van der Waals surface area contributed by atoms with Crippen LogP contribution < -0.4 is 10.1 Å². The second-order valence-corrected chi connectivity index (χ2v) is 5.01. The molecule has 0 aliphatic carbocycles. The summed E-state index contributed by atoms with van der Waals surface area (Å²) in [5.74, 6) is 2.74. The van der Waals surface area contributed by atoms with Crippen molar-refractivity contribution in [2.24, 2.45) is 0 Å². The average Bonchev–Trinajstić information content (AvgIpc) is 2.54. The molecule has 2 aromatic rings. The van der Waals surface area contributed by atoms with E-state index in [4.69, 9.17) is 9.47 Å². The van der Waals surface area contributed by atoms with Crippen LogP contribution in [-0.4, -0.2) is 30.7 Å². The van der Waals surface area contributed by atoms with Crippen molar-refractivity contribution >= 4 is 5.82 Å². The fourth-order valence-electron chi connectivity index (χ4n) is 2.63. The average molecular weight is 285 g/mol. The minimum atomic E-state index is 0.166. The summed E-state index contributed by atoms with van der Waals surface area (Å²) in [6, 6.07) is 10.0. The zero-order valence-corrected chi connectivity index (χ0v) is 12.3. The Kier molecular flexibility index (Phi) is 4.01. The van der Waals surface area contributed by atoms with Crippen molar-refractivity contribution in [3.05, 3.63) is 47.4 Å². The number of nitrogens with one attached hydrogen (secondary N) is 1. The van der Waals surface area contributed by atoms with Crippen LogP contribution in [0.25, 0.3) is 0 Å². The van der Waals surface area contributed by atoms with Crippen LogP contribution in [0.1, 0.15) is 29.4 Å². The quantitative estimate of drug-likeness (QED) is 0.935. The fourth-order valence-corrected chi connectivity index (χ4v) is 2.63. The van der Waals surface area contributed by atoms with E-state index in [2.05, 4.69) is 21.4 Å². The van der Waals surface area contributed by atoms with Gasteiger partial charge in [0, 0.05) is 25.8 Å². The van der Waals surface area contributed by atoms with Gasteiger partial charge < -0.3 is 14.8 Å². The maximum absolute atomic E-state index is 5.71. The summed E-state index contributed by atoms with van der Waals surface area (Å²) >= 11 is 0. The molecule has 5 nitrogen and oxygen atoms in total. The molecule has 0 fully saturated rings. The van der Waals surface area contributed by atoms with Crippen LogP contribution in [0.3, 0.4) is 0 Å². The predicted molar refractivity (Wildman–Crippen MR) is 80.7 cm³/mol. The Morgan fingerprint density at radius 2 is 2.19 bits per heavy atom. The van der Waals surface area contributed by atoms with Crippen molar-refractivity contribution in [3.8, 4) is 5.75 Å². The summed E-state index contributed by atoms with van der Waals surface area (Å²) in [7, 11) is 3.53. The van der Waals surface area contributed by atoms with Gasteiger partial charge in [0.15, 0.2) is 0 Å². The summed E-state index contributed by atoms with van der Waals surface area (Å²) in [5.41, 5.74) is 2.04. The molecule has 110 valence electrons. The second kappa shape index (κ2) is 6.10. The fraction of sp³-hybridized carbons (Fsp3) is 0.375. The number of rotatable bonds is 4. The van der Waals surface area contributed by atoms with Crippen LogP contribution in [0.5, 0.6) is 5.75 Å². The molecule has 0 saturated carbocycles. The van der Waals surface area contributed by atoms with Crippen molar-refractivity contribution in [1.82, 2.24) is 9.97 Å². The molecule has 3 rings (SSSR count). The molecular formula is C16H19N3O2. The Hall–Kier alpha value is -2.14. The molecule has 0 bridgehead atoms. The van der Waals surface area contributed by atoms with Gasteiger partial charge in [-0.3, -0.25) is 0 Å². The van der Waals surface area contributed by atoms with Gasteiger partial charge in [-0.15, -0.1) is 0 Å². The highest BCUT2D eigenvalue weighted by Gasteiger charge is 2.25. The first-order valence-corrected chi connectivity index (χ1v) is 7.08. The molecule has 1 aliphatic heterocycles. The number of para-hydroxylation sites is 1. The summed E-state index contributed by atoms with van der Waals surface area (Å²) in [6.07, 6.45) is 0.886. The first-order valence-electron chi connectivity index (χ1n) is 7.08. The lowest BCUT2D eigenvalue weighted by Gasteiger charge is -2.25. The standard InChI is InChI=1S/C16H19N3O2/c1-17-15-9-11(10-20-2)18-16(19-15)13-7-8-21-14-6-4-3-5-12(13)14/h3-6,9,13H,7-8,10H2,1-2H3,(H,17,18,19). The number of nitrogens with zero attached hydrogens (tertiary/aromatic N) is 2. The molecule has 0 spiro atoms. The highest BCUT2D eigenvalue weighted by atomic mass is 16.5. The van der Waals surface area contributed by atoms with Gasteiger partial charge in [0.25, 0.3) is 0 Å². The van der Waals surface area contributed by atoms with E-state index in [-0.39, 0.29) is 5.92 Å². The molecule has 1 atom stereocenters. The highest BCUT2D eigenvalue weighted by Crippen LogP contribution is 2.36. The van der Waals surface area contributed by atoms with Gasteiger partial charge in [-0.25, -0.2) is 9.97 Å². The Morgan fingerprint density at radius 3 is 3.00 bits per heavy atom. The van der Waals surface area contributed by atoms with Crippen molar-refractivity contribution in [3.63, 3.8) is 0 Å². The number of ether oxygens (including phenoxy) is 2. The van der Waals surface area contributed by atoms with Crippen molar-refractivity contribution in [2.75, 3.05) is 26.1 Å². The van der Waals surface area contributed by atoms with Crippen LogP contribution in [0, 0.1) is 0 Å². The Balaban J connectivity index is 2.02. The first kappa shape index (κ1) is 13.8. The van der Waals surface area contributed by atoms with Crippen molar-refractivity contribution < 1.29 is 9.47 Å². The molecule has 1 aliphatic rings. The third-order valence-electron chi connectivity index (χ3n) is 3.62. The minimum Gasteiger partial charge on any atom is -0.493 e. The van der Waals surface area contributed by atoms with E-state index >= 15 is 0 Å². The number of hydrogen-bond donors (Lipinski definition) is 1. The van der Waals surface area contributed by atoms with Gasteiger partial charge in [-0.05, 0) is 12.5 Å². The van der Waals surface area contributed by atoms with Gasteiger partial charge in [-0.1, -0.05) is 18.2 Å². The smallest absolute Gasteiger partial charge is 0.138 e. The third kappa shape index (κ3) is 2.83. The van der Waals surface area contributed by atoms with Crippen molar-refractivity contribution in [2.45, 2.75) is 18.9 Å². The number of benzene rings is 1. The zero-order chi connectivity index (χ0) is 14.7. The molecule has 1 unspecified atom stereocenters. The lowest BCUT2D eigenvalue weighted by Crippen LogP contribution is -2.18. The molecule has 1 N–H and O–H groups in total. The molecule has 1 aromatic heterocycles. The van der Waals surface area contributed by atoms with Crippen molar-refractivity contribution in [1.29, 1.82) is 0 Å². The molecule has 0 radical (unpaired) electrons. The lowest BCUT2D eigenvalue weighted by atomic mass is 9.92. The van der Waals surface area contributed by atoms with Crippen LogP contribution in [-0.2, 0) is 11.3 Å². The highest BCUT2D eigenvalue weighted by molar-refractivity contribution is 5.43. The Labute approximate surface area is 124 Å². The van der Waals surface area contributed by atoms with Gasteiger partial charge in [0.05, 0.1) is 24.8 Å². The summed E-state index contributed by atoms with van der Waals surface area (Å²) in [5, 5.41) is 3.09. The third-order valence-corrected chi connectivity index (χ3v) is 3.62. The summed E-state index contributed by atoms with van der Waals surface area (Å²) in [6.45, 7) is 1.17. The molecular weight excluding hydrogens is 266 g/mol. The topological polar surface area (TPSA) is 56.3 Å². The molecule has 5 heteroatoms. The van der Waals surface area contributed by atoms with E-state index in [1.165, 1.54) is 0 Å². The van der Waals surface area contributed by atoms with Crippen LogP contribution in [0.2, 0.25) is 0 Å². The van der Waals surface area contributed by atoms with Gasteiger partial charge in [0.2, 0.25) is 0 Å². The van der Waals surface area contributed by atoms with E-state index in [9.17, 15) is 0 Å². The number of methoxy groups -OCH3 is 1. The lowest BCUT2D eigenvalue weighted by molar-refractivity contribution is 0.181. The largest absolute Gasteiger partial charge is 0.493 e. The van der Waals surface area contributed by atoms with E-state index in [1.807, 2.05) is 31.3 Å². The molecule has 0 amide bonds. The first-order chi connectivity index (χ1) is 10.3. The van der Waals surface area contributed by atoms with E-state index in [0.717, 1.165) is 35.1 Å². The number of anilines is 1. The molecule has 1 aromatic carbocycles. The number of hydrogen-bond acceptors (Lipinski definition) is 5. The SMILES string of the molecule is CNc1cc(COC)nc(C2CCOc3ccccc32)n1. The summed E-state index contributed by atoms with van der Waals surface area (Å²) in [4.78, 5) is 9.29. The molecule has 21 heavy (non-hydrogen) atoms. The van der Waals surface area contributed by atoms with E-state index < -0.39 is 0 Å². The predicted octanol–water partition coefficient (Wildman–Crippen LogP) is 2.58. The molecule has 2 heterocycles. The maximum atomic E-state index is 5.71. The van der Waals surface area contributed by atoms with Gasteiger partial charge in [0.1, 0.15) is 17.4 Å². The number of fused-ring (bicyclic) bond motifs is 1. The van der Waals surface area contributed by atoms with Crippen LogP contribution in [0.15, 0.2) is 30.3 Å². The van der Waals surface area contributed by atoms with Gasteiger partial charge in [-0.2, -0.15) is 0 Å². The van der Waals surface area contributed by atoms with Gasteiger partial charge >= 0.3 is 0 Å². The normalized spacial score (nSPS) is 17.0. The summed E-state index contributed by atoms with van der Waals surface area (Å²) < 4.78 is 10.9. The van der Waals surface area contributed by atoms with Crippen LogP contribution in [0.4, 0.5) is 5.82 Å².